The maximum Gasteiger partial charge on any atom is 0.145 e. The topological polar surface area (TPSA) is 128 Å². The summed E-state index contributed by atoms with van der Waals surface area (Å²) >= 11 is 0. The molecule has 0 fully saturated rings. The molecule has 1 aliphatic heterocycles. The Kier molecular flexibility index (Phi) is 4.71. The van der Waals surface area contributed by atoms with Gasteiger partial charge in [0.25, 0.3) is 0 Å². The molecule has 0 aliphatic carbocycles. The Hall–Kier alpha value is -2.22. The van der Waals surface area contributed by atoms with E-state index in [1.807, 2.05) is 12.1 Å². The van der Waals surface area contributed by atoms with Crippen LogP contribution in [0.2, 0.25) is 0 Å². The summed E-state index contributed by atoms with van der Waals surface area (Å²) in [5.41, 5.74) is 21.1. The van der Waals surface area contributed by atoms with E-state index in [1.54, 1.807) is 6.20 Å². The van der Waals surface area contributed by atoms with Crippen molar-refractivity contribution in [3.8, 4) is 0 Å². The number of nitrogens with two attached hydrogens (primary N) is 3. The molecular weight excluding hydrogens is 290 g/mol. The van der Waals surface area contributed by atoms with Crippen LogP contribution in [-0.4, -0.2) is 29.3 Å². The highest BCUT2D eigenvalue weighted by Gasteiger charge is 2.25. The van der Waals surface area contributed by atoms with Gasteiger partial charge in [0, 0.05) is 18.2 Å². The van der Waals surface area contributed by atoms with E-state index in [9.17, 15) is 0 Å². The van der Waals surface area contributed by atoms with E-state index in [-0.39, 0.29) is 5.92 Å². The van der Waals surface area contributed by atoms with Crippen LogP contribution in [0.5, 0.6) is 0 Å². The lowest BCUT2D eigenvalue weighted by Crippen LogP contribution is -2.45. The zero-order chi connectivity index (χ0) is 16.2. The molecule has 0 bridgehead atoms. The molecule has 23 heavy (non-hydrogen) atoms. The fraction of sp³-hybridized carbons (Fsp3) is 0.375. The van der Waals surface area contributed by atoms with Crippen molar-refractivity contribution in [3.63, 3.8) is 0 Å². The minimum absolute atomic E-state index is 0.216. The highest BCUT2D eigenvalue weighted by atomic mass is 15.1. The smallest absolute Gasteiger partial charge is 0.145 e. The molecule has 1 atom stereocenters. The summed E-state index contributed by atoms with van der Waals surface area (Å²) in [6.45, 7) is 1.55. The maximum atomic E-state index is 5.97. The zero-order valence-electron chi connectivity index (χ0n) is 13.0. The van der Waals surface area contributed by atoms with Gasteiger partial charge in [-0.05, 0) is 31.0 Å². The van der Waals surface area contributed by atoms with Gasteiger partial charge in [0.2, 0.25) is 0 Å². The van der Waals surface area contributed by atoms with Crippen LogP contribution in [-0.2, 0) is 6.42 Å². The summed E-state index contributed by atoms with van der Waals surface area (Å²) in [7, 11) is 0. The first-order chi connectivity index (χ1) is 11.1. The lowest BCUT2D eigenvalue weighted by molar-refractivity contribution is 0.531. The fourth-order valence-corrected chi connectivity index (χ4v) is 2.88. The number of hydrogen-bond donors (Lipinski definition) is 5. The highest BCUT2D eigenvalue weighted by molar-refractivity contribution is 5.60. The summed E-state index contributed by atoms with van der Waals surface area (Å²) in [5.74, 6) is 0.707. The molecule has 122 valence electrons. The molecule has 1 unspecified atom stereocenters. The number of nitrogens with one attached hydrogen (secondary N) is 2. The van der Waals surface area contributed by atoms with Crippen molar-refractivity contribution in [2.75, 3.05) is 24.1 Å². The van der Waals surface area contributed by atoms with Crippen molar-refractivity contribution in [2.24, 2.45) is 11.5 Å². The number of aryl methyl sites for hydroxylation is 1. The summed E-state index contributed by atoms with van der Waals surface area (Å²) < 4.78 is 0. The van der Waals surface area contributed by atoms with E-state index in [2.05, 4.69) is 27.8 Å². The number of benzene rings is 1. The summed E-state index contributed by atoms with van der Waals surface area (Å²) in [5, 5.41) is 6.39. The van der Waals surface area contributed by atoms with Crippen molar-refractivity contribution < 1.29 is 0 Å². The summed E-state index contributed by atoms with van der Waals surface area (Å²) in [6, 6.07) is 8.29. The van der Waals surface area contributed by atoms with Gasteiger partial charge in [0.1, 0.15) is 12.1 Å². The first-order valence-corrected chi connectivity index (χ1v) is 7.84. The minimum atomic E-state index is -0.495. The lowest BCUT2D eigenvalue weighted by Gasteiger charge is -2.13. The van der Waals surface area contributed by atoms with Crippen LogP contribution in [0.1, 0.15) is 29.3 Å². The van der Waals surface area contributed by atoms with E-state index in [1.165, 1.54) is 11.3 Å². The van der Waals surface area contributed by atoms with Gasteiger partial charge in [-0.1, -0.05) is 18.2 Å². The second-order valence-corrected chi connectivity index (χ2v) is 5.73. The molecule has 3 rings (SSSR count). The third-order valence-electron chi connectivity index (χ3n) is 4.06. The Morgan fingerprint density at radius 2 is 2.13 bits per heavy atom. The Morgan fingerprint density at radius 3 is 2.96 bits per heavy atom. The van der Waals surface area contributed by atoms with E-state index >= 15 is 0 Å². The van der Waals surface area contributed by atoms with E-state index < -0.39 is 6.29 Å². The quantitative estimate of drug-likeness (QED) is 0.384. The van der Waals surface area contributed by atoms with E-state index in [4.69, 9.17) is 22.2 Å². The second kappa shape index (κ2) is 6.91. The van der Waals surface area contributed by atoms with Crippen LogP contribution in [0.3, 0.4) is 0 Å². The molecule has 7 nitrogen and oxygen atoms in total. The van der Waals surface area contributed by atoms with Gasteiger partial charge < -0.3 is 22.5 Å². The van der Waals surface area contributed by atoms with Crippen LogP contribution in [0.15, 0.2) is 30.5 Å². The lowest BCUT2D eigenvalue weighted by atomic mass is 9.98. The van der Waals surface area contributed by atoms with Gasteiger partial charge in [-0.2, -0.15) is 0 Å². The molecule has 1 aromatic carbocycles. The maximum absolute atomic E-state index is 5.97. The first-order valence-electron chi connectivity index (χ1n) is 7.84. The Balaban J connectivity index is 1.73. The van der Waals surface area contributed by atoms with Gasteiger partial charge in [0.05, 0.1) is 17.6 Å². The SMILES string of the molecule is Nc1ncc(C2CNc3ccccc32)nc1CCCNC(N)N. The van der Waals surface area contributed by atoms with Crippen LogP contribution in [0.25, 0.3) is 0 Å². The van der Waals surface area contributed by atoms with Crippen LogP contribution in [0.4, 0.5) is 11.5 Å². The number of anilines is 2. The van der Waals surface area contributed by atoms with Gasteiger partial charge in [-0.15, -0.1) is 0 Å². The molecule has 0 saturated carbocycles. The molecule has 7 heteroatoms. The molecule has 1 aliphatic rings. The fourth-order valence-electron chi connectivity index (χ4n) is 2.88. The molecule has 0 radical (unpaired) electrons. The van der Waals surface area contributed by atoms with Crippen LogP contribution >= 0.6 is 0 Å². The van der Waals surface area contributed by atoms with Crippen molar-refractivity contribution in [2.45, 2.75) is 25.0 Å². The number of hydrogen-bond acceptors (Lipinski definition) is 7. The van der Waals surface area contributed by atoms with Crippen molar-refractivity contribution >= 4 is 11.5 Å². The Bertz CT molecular complexity index is 671. The molecular formula is C16H23N7. The van der Waals surface area contributed by atoms with Crippen LogP contribution < -0.4 is 27.8 Å². The summed E-state index contributed by atoms with van der Waals surface area (Å²) in [6.07, 6.45) is 2.88. The van der Waals surface area contributed by atoms with Crippen molar-refractivity contribution in [3.05, 3.63) is 47.4 Å². The second-order valence-electron chi connectivity index (χ2n) is 5.73. The highest BCUT2D eigenvalue weighted by Crippen LogP contribution is 2.35. The third-order valence-corrected chi connectivity index (χ3v) is 4.06. The van der Waals surface area contributed by atoms with Crippen LogP contribution in [0, 0.1) is 0 Å². The molecule has 1 aromatic heterocycles. The molecule has 2 aromatic rings. The van der Waals surface area contributed by atoms with Gasteiger partial charge in [0.15, 0.2) is 0 Å². The first kappa shape index (κ1) is 15.7. The van der Waals surface area contributed by atoms with Gasteiger partial charge >= 0.3 is 0 Å². The number of rotatable bonds is 6. The van der Waals surface area contributed by atoms with Gasteiger partial charge in [-0.3, -0.25) is 10.3 Å². The van der Waals surface area contributed by atoms with Crippen molar-refractivity contribution in [1.82, 2.24) is 15.3 Å². The number of nitrogens with zero attached hydrogens (tertiary/aromatic N) is 2. The monoisotopic (exact) mass is 313 g/mol. The predicted molar refractivity (Wildman–Crippen MR) is 91.7 cm³/mol. The van der Waals surface area contributed by atoms with Crippen molar-refractivity contribution in [1.29, 1.82) is 0 Å². The largest absolute Gasteiger partial charge is 0.384 e. The number of nitrogen functional groups attached to an aromatic ring is 1. The normalized spacial score (nSPS) is 16.4. The Morgan fingerprint density at radius 1 is 1.30 bits per heavy atom. The standard InChI is InChI=1S/C16H23N7/c17-15-13(6-3-7-20-16(18)19)23-14(9-22-15)11-8-21-12-5-2-1-4-10(11)12/h1-2,4-5,9,11,16,20-21H,3,6-8,18-19H2,(H2,17,22). The summed E-state index contributed by atoms with van der Waals surface area (Å²) in [4.78, 5) is 9.08. The minimum Gasteiger partial charge on any atom is -0.384 e. The molecule has 0 amide bonds. The average molecular weight is 313 g/mol. The average Bonchev–Trinajstić information content (AvgIpc) is 2.97. The van der Waals surface area contributed by atoms with E-state index in [0.29, 0.717) is 5.82 Å². The molecule has 0 spiro atoms. The predicted octanol–water partition coefficient (Wildman–Crippen LogP) is 0.339. The number of para-hydroxylation sites is 1. The Labute approximate surface area is 135 Å². The van der Waals surface area contributed by atoms with E-state index in [0.717, 1.165) is 37.3 Å². The number of aromatic nitrogens is 2. The number of fused-ring (bicyclic) bond motifs is 1. The third kappa shape index (κ3) is 3.58. The van der Waals surface area contributed by atoms with Gasteiger partial charge in [-0.25, -0.2) is 4.98 Å². The molecule has 2 heterocycles. The molecule has 0 saturated heterocycles. The zero-order valence-corrected chi connectivity index (χ0v) is 13.0. The molecule has 8 N–H and O–H groups in total.